The highest BCUT2D eigenvalue weighted by molar-refractivity contribution is 6.31. The van der Waals surface area contributed by atoms with Crippen molar-refractivity contribution in [2.75, 3.05) is 13.7 Å². The smallest absolute Gasteiger partial charge is 0.242 e. The second-order valence-electron chi connectivity index (χ2n) is 6.42. The lowest BCUT2D eigenvalue weighted by molar-refractivity contribution is -0.141. The predicted octanol–water partition coefficient (Wildman–Crippen LogP) is 4.05. The summed E-state index contributed by atoms with van der Waals surface area (Å²) in [5.74, 6) is 0.509. The summed E-state index contributed by atoms with van der Waals surface area (Å²) in [6.45, 7) is 2.63. The Balaban J connectivity index is 2.03. The molecule has 0 aromatic heterocycles. The summed E-state index contributed by atoms with van der Waals surface area (Å²) in [6.07, 6.45) is 1.39. The normalized spacial score (nSPS) is 11.5. The minimum absolute atomic E-state index is 0.0907. The average Bonchev–Trinajstić information content (AvgIpc) is 2.72. The van der Waals surface area contributed by atoms with Crippen molar-refractivity contribution in [3.8, 4) is 5.75 Å². The van der Waals surface area contributed by atoms with Gasteiger partial charge in [0.15, 0.2) is 0 Å². The van der Waals surface area contributed by atoms with E-state index in [0.29, 0.717) is 37.4 Å². The summed E-state index contributed by atoms with van der Waals surface area (Å²) in [5.41, 5.74) is 0.820. The monoisotopic (exact) mass is 402 g/mol. The summed E-state index contributed by atoms with van der Waals surface area (Å²) < 4.78 is 5.66. The zero-order valence-corrected chi connectivity index (χ0v) is 17.1. The van der Waals surface area contributed by atoms with Gasteiger partial charge in [0.2, 0.25) is 11.8 Å². The van der Waals surface area contributed by atoms with Gasteiger partial charge < -0.3 is 15.0 Å². The number of nitrogens with zero attached hydrogens (tertiary/aromatic N) is 1. The van der Waals surface area contributed by atoms with Crippen molar-refractivity contribution >= 4 is 23.4 Å². The molecule has 1 atom stereocenters. The van der Waals surface area contributed by atoms with E-state index >= 15 is 0 Å². The number of hydrogen-bond donors (Lipinski definition) is 1. The zero-order chi connectivity index (χ0) is 20.4. The Morgan fingerprint density at radius 3 is 2.43 bits per heavy atom. The van der Waals surface area contributed by atoms with E-state index in [0.717, 1.165) is 11.3 Å². The fourth-order valence-electron chi connectivity index (χ4n) is 2.97. The number of carbonyl (C=O) groups excluding carboxylic acids is 2. The van der Waals surface area contributed by atoms with E-state index in [1.54, 1.807) is 18.0 Å². The highest BCUT2D eigenvalue weighted by Crippen LogP contribution is 2.20. The Bertz CT molecular complexity index is 767. The van der Waals surface area contributed by atoms with Crippen LogP contribution in [-0.4, -0.2) is 36.4 Å². The first-order chi connectivity index (χ1) is 13.6. The average molecular weight is 403 g/mol. The van der Waals surface area contributed by atoms with Gasteiger partial charge in [0.05, 0.1) is 6.61 Å². The van der Waals surface area contributed by atoms with Gasteiger partial charge in [0.1, 0.15) is 11.8 Å². The van der Waals surface area contributed by atoms with Crippen molar-refractivity contribution < 1.29 is 14.3 Å². The Kier molecular flexibility index (Phi) is 8.82. The van der Waals surface area contributed by atoms with Crippen LogP contribution >= 0.6 is 11.6 Å². The molecule has 0 aliphatic carbocycles. The maximum Gasteiger partial charge on any atom is 0.242 e. The molecule has 2 rings (SSSR count). The maximum absolute atomic E-state index is 12.9. The van der Waals surface area contributed by atoms with E-state index in [4.69, 9.17) is 16.3 Å². The van der Waals surface area contributed by atoms with Crippen molar-refractivity contribution in [3.05, 3.63) is 65.2 Å². The van der Waals surface area contributed by atoms with Crippen LogP contribution in [0, 0.1) is 0 Å². The van der Waals surface area contributed by atoms with Crippen LogP contribution in [0.15, 0.2) is 54.6 Å². The molecule has 5 nitrogen and oxygen atoms in total. The van der Waals surface area contributed by atoms with Gasteiger partial charge in [0, 0.05) is 25.0 Å². The number of benzene rings is 2. The quantitative estimate of drug-likeness (QED) is 0.610. The fourth-order valence-corrected chi connectivity index (χ4v) is 3.17. The molecule has 0 radical (unpaired) electrons. The van der Waals surface area contributed by atoms with Gasteiger partial charge in [-0.2, -0.15) is 0 Å². The number of para-hydroxylation sites is 1. The number of hydrogen-bond acceptors (Lipinski definition) is 3. The lowest BCUT2D eigenvalue weighted by Gasteiger charge is -2.30. The maximum atomic E-state index is 12.9. The van der Waals surface area contributed by atoms with Crippen LogP contribution in [0.5, 0.6) is 5.75 Å². The standard InChI is InChI=1S/C22H27ClN2O3/c1-3-20(22(27)24-2)25(16-17-10-7-8-13-19(17)23)21(26)14-9-15-28-18-11-5-4-6-12-18/h4-8,10-13,20H,3,9,14-16H2,1-2H3,(H,24,27)/t20-/m1/s1. The minimum atomic E-state index is -0.538. The largest absolute Gasteiger partial charge is 0.494 e. The van der Waals surface area contributed by atoms with Gasteiger partial charge in [0.25, 0.3) is 0 Å². The number of amides is 2. The van der Waals surface area contributed by atoms with Crippen LogP contribution in [0.3, 0.4) is 0 Å². The molecule has 150 valence electrons. The second-order valence-corrected chi connectivity index (χ2v) is 6.82. The third-order valence-electron chi connectivity index (χ3n) is 4.48. The summed E-state index contributed by atoms with van der Waals surface area (Å²) in [6, 6.07) is 16.3. The van der Waals surface area contributed by atoms with Crippen molar-refractivity contribution in [1.29, 1.82) is 0 Å². The van der Waals surface area contributed by atoms with Crippen LogP contribution < -0.4 is 10.1 Å². The van der Waals surface area contributed by atoms with Crippen LogP contribution in [0.2, 0.25) is 5.02 Å². The minimum Gasteiger partial charge on any atom is -0.494 e. The van der Waals surface area contributed by atoms with Crippen LogP contribution in [0.25, 0.3) is 0 Å². The molecule has 0 spiro atoms. The molecule has 2 aromatic carbocycles. The first-order valence-electron chi connectivity index (χ1n) is 9.49. The van der Waals surface area contributed by atoms with Gasteiger partial charge in [-0.15, -0.1) is 0 Å². The van der Waals surface area contributed by atoms with Crippen molar-refractivity contribution in [3.63, 3.8) is 0 Å². The Hall–Kier alpha value is -2.53. The van der Waals surface area contributed by atoms with E-state index in [1.807, 2.05) is 55.5 Å². The van der Waals surface area contributed by atoms with Crippen LogP contribution in [0.1, 0.15) is 31.7 Å². The Morgan fingerprint density at radius 1 is 1.11 bits per heavy atom. The van der Waals surface area contributed by atoms with Gasteiger partial charge >= 0.3 is 0 Å². The molecule has 6 heteroatoms. The molecule has 0 heterocycles. The molecule has 0 saturated carbocycles. The SMILES string of the molecule is CC[C@H](C(=O)NC)N(Cc1ccccc1Cl)C(=O)CCCOc1ccccc1. The molecule has 0 saturated heterocycles. The van der Waals surface area contributed by atoms with E-state index in [-0.39, 0.29) is 11.8 Å². The van der Waals surface area contributed by atoms with Gasteiger partial charge in [-0.25, -0.2) is 0 Å². The molecule has 2 aromatic rings. The number of rotatable bonds is 10. The summed E-state index contributed by atoms with van der Waals surface area (Å²) in [4.78, 5) is 26.9. The highest BCUT2D eigenvalue weighted by Gasteiger charge is 2.28. The Morgan fingerprint density at radius 2 is 1.79 bits per heavy atom. The lowest BCUT2D eigenvalue weighted by atomic mass is 10.1. The number of nitrogens with one attached hydrogen (secondary N) is 1. The topological polar surface area (TPSA) is 58.6 Å². The highest BCUT2D eigenvalue weighted by atomic mass is 35.5. The molecular formula is C22H27ClN2O3. The summed E-state index contributed by atoms with van der Waals surface area (Å²) in [5, 5.41) is 3.23. The fraction of sp³-hybridized carbons (Fsp3) is 0.364. The summed E-state index contributed by atoms with van der Waals surface area (Å²) >= 11 is 6.27. The number of likely N-dealkylation sites (N-methyl/N-ethyl adjacent to an activating group) is 1. The predicted molar refractivity (Wildman–Crippen MR) is 111 cm³/mol. The number of carbonyl (C=O) groups is 2. The van der Waals surface area contributed by atoms with Gasteiger partial charge in [-0.05, 0) is 36.6 Å². The van der Waals surface area contributed by atoms with Gasteiger partial charge in [-0.1, -0.05) is 54.9 Å². The molecule has 0 bridgehead atoms. The molecule has 0 fully saturated rings. The van der Waals surface area contributed by atoms with Crippen molar-refractivity contribution in [2.45, 2.75) is 38.8 Å². The molecule has 0 aliphatic heterocycles. The third-order valence-corrected chi connectivity index (χ3v) is 4.85. The molecule has 28 heavy (non-hydrogen) atoms. The van der Waals surface area contributed by atoms with Crippen LogP contribution in [-0.2, 0) is 16.1 Å². The molecule has 2 amide bonds. The molecule has 0 aliphatic rings. The number of ether oxygens (including phenoxy) is 1. The van der Waals surface area contributed by atoms with Crippen molar-refractivity contribution in [1.82, 2.24) is 10.2 Å². The van der Waals surface area contributed by atoms with E-state index in [2.05, 4.69) is 5.32 Å². The molecule has 0 unspecified atom stereocenters. The summed E-state index contributed by atoms with van der Waals surface area (Å²) in [7, 11) is 1.58. The molecule has 1 N–H and O–H groups in total. The number of halogens is 1. The van der Waals surface area contributed by atoms with Gasteiger partial charge in [-0.3, -0.25) is 9.59 Å². The first-order valence-corrected chi connectivity index (χ1v) is 9.87. The zero-order valence-electron chi connectivity index (χ0n) is 16.4. The van der Waals surface area contributed by atoms with E-state index < -0.39 is 6.04 Å². The third kappa shape index (κ3) is 6.27. The van der Waals surface area contributed by atoms with E-state index in [1.165, 1.54) is 0 Å². The Labute approximate surface area is 171 Å². The first kappa shape index (κ1) is 21.8. The molecular weight excluding hydrogens is 376 g/mol. The van der Waals surface area contributed by atoms with Crippen LogP contribution in [0.4, 0.5) is 0 Å². The van der Waals surface area contributed by atoms with Crippen molar-refractivity contribution in [2.24, 2.45) is 0 Å². The second kappa shape index (κ2) is 11.3. The van der Waals surface area contributed by atoms with E-state index in [9.17, 15) is 9.59 Å². The lowest BCUT2D eigenvalue weighted by Crippen LogP contribution is -2.48.